The Kier molecular flexibility index (Phi) is 3.11. The fourth-order valence-corrected chi connectivity index (χ4v) is 5.06. The van der Waals surface area contributed by atoms with Gasteiger partial charge in [0.15, 0.2) is 21.3 Å². The number of nitrogens with zero attached hydrogens (tertiary/aromatic N) is 1. The van der Waals surface area contributed by atoms with Crippen LogP contribution < -0.4 is 9.47 Å². The molecule has 0 saturated heterocycles. The molecule has 0 unspecified atom stereocenters. The summed E-state index contributed by atoms with van der Waals surface area (Å²) in [4.78, 5) is 0. The topological polar surface area (TPSA) is 96.6 Å². The Hall–Kier alpha value is -1.78. The third kappa shape index (κ3) is 1.90. The molecule has 1 aromatic carbocycles. The lowest BCUT2D eigenvalue weighted by atomic mass is 10.0. The first-order valence-corrected chi connectivity index (χ1v) is 8.35. The summed E-state index contributed by atoms with van der Waals surface area (Å²) in [5.41, 5.74) is -0.584. The number of ether oxygens (including phenoxy) is 2. The average molecular weight is 309 g/mol. The molecule has 0 radical (unpaired) electrons. The molecule has 21 heavy (non-hydrogen) atoms. The van der Waals surface area contributed by atoms with Crippen molar-refractivity contribution in [1.29, 1.82) is 5.26 Å². The fourth-order valence-electron chi connectivity index (χ4n) is 3.05. The number of benzene rings is 1. The Labute approximate surface area is 122 Å². The Bertz CT molecular complexity index is 723. The monoisotopic (exact) mass is 309 g/mol. The number of aliphatic hydroxyl groups excluding tert-OH is 1. The number of hydrogen-bond acceptors (Lipinski definition) is 6. The van der Waals surface area contributed by atoms with Crippen LogP contribution in [0.25, 0.3) is 0 Å². The summed E-state index contributed by atoms with van der Waals surface area (Å²) in [5.74, 6) is 0.548. The van der Waals surface area contributed by atoms with Crippen LogP contribution in [0.4, 0.5) is 0 Å². The van der Waals surface area contributed by atoms with Gasteiger partial charge in [-0.05, 0) is 17.7 Å². The Balaban J connectivity index is 2.03. The van der Waals surface area contributed by atoms with E-state index in [4.69, 9.17) is 9.47 Å². The third-order valence-electron chi connectivity index (χ3n) is 4.27. The summed E-state index contributed by atoms with van der Waals surface area (Å²) >= 11 is 0. The van der Waals surface area contributed by atoms with Gasteiger partial charge in [0, 0.05) is 11.7 Å². The number of sulfone groups is 1. The number of aliphatic hydroxyl groups is 1. The summed E-state index contributed by atoms with van der Waals surface area (Å²) in [5, 5.41) is 18.1. The highest BCUT2D eigenvalue weighted by molar-refractivity contribution is 7.92. The van der Waals surface area contributed by atoms with E-state index in [9.17, 15) is 18.8 Å². The number of fused-ring (bicyclic) bond motifs is 1. The minimum absolute atomic E-state index is 0.0534. The molecule has 0 amide bonds. The molecule has 1 aliphatic carbocycles. The molecule has 112 valence electrons. The zero-order valence-corrected chi connectivity index (χ0v) is 12.3. The standard InChI is InChI=1S/C14H15NO5S/c1-2-21(17,18)13-12(14(13,6-15)7-16)9-3-4-10-11(5-9)20-8-19-10/h3-5,12-13,16H,2,7-8H2,1H3/t12-,13-,14-/m1/s1. The van der Waals surface area contributed by atoms with E-state index in [-0.39, 0.29) is 12.5 Å². The molecular weight excluding hydrogens is 294 g/mol. The molecule has 0 aromatic heterocycles. The molecule has 2 aliphatic rings. The molecule has 3 rings (SSSR count). The van der Waals surface area contributed by atoms with Crippen molar-refractivity contribution in [3.05, 3.63) is 23.8 Å². The molecule has 1 fully saturated rings. The molecule has 6 nitrogen and oxygen atoms in total. The molecule has 0 spiro atoms. The van der Waals surface area contributed by atoms with Gasteiger partial charge < -0.3 is 14.6 Å². The van der Waals surface area contributed by atoms with E-state index in [2.05, 4.69) is 0 Å². The molecular formula is C14H15NO5S. The summed E-state index contributed by atoms with van der Waals surface area (Å²) in [6.45, 7) is 1.19. The first-order chi connectivity index (χ1) is 10.00. The van der Waals surface area contributed by atoms with Crippen molar-refractivity contribution in [1.82, 2.24) is 0 Å². The van der Waals surface area contributed by atoms with E-state index in [1.54, 1.807) is 25.1 Å². The molecule has 1 saturated carbocycles. The second-order valence-electron chi connectivity index (χ2n) is 5.27. The number of rotatable bonds is 4. The largest absolute Gasteiger partial charge is 0.454 e. The number of hydrogen-bond donors (Lipinski definition) is 1. The van der Waals surface area contributed by atoms with Gasteiger partial charge in [0.25, 0.3) is 0 Å². The van der Waals surface area contributed by atoms with E-state index >= 15 is 0 Å². The maximum atomic E-state index is 12.2. The fraction of sp³-hybridized carbons (Fsp3) is 0.500. The van der Waals surface area contributed by atoms with Crippen LogP contribution in [-0.2, 0) is 9.84 Å². The SMILES string of the molecule is CCS(=O)(=O)[C@@H]1[C@@H](c2ccc3c(c2)OCO3)[C@@]1(C#N)CO. The quantitative estimate of drug-likeness (QED) is 0.884. The van der Waals surface area contributed by atoms with Crippen LogP contribution in [0.2, 0.25) is 0 Å². The van der Waals surface area contributed by atoms with Crippen LogP contribution in [0.3, 0.4) is 0 Å². The molecule has 7 heteroatoms. The van der Waals surface area contributed by atoms with E-state index in [0.717, 1.165) is 0 Å². The maximum absolute atomic E-state index is 12.2. The average Bonchev–Trinajstić information content (AvgIpc) is 2.98. The van der Waals surface area contributed by atoms with Crippen molar-refractivity contribution in [2.75, 3.05) is 19.2 Å². The molecule has 1 N–H and O–H groups in total. The van der Waals surface area contributed by atoms with Crippen molar-refractivity contribution in [2.24, 2.45) is 5.41 Å². The second kappa shape index (κ2) is 4.61. The molecule has 1 aliphatic heterocycles. The van der Waals surface area contributed by atoms with Gasteiger partial charge in [-0.2, -0.15) is 5.26 Å². The van der Waals surface area contributed by atoms with Gasteiger partial charge >= 0.3 is 0 Å². The second-order valence-corrected chi connectivity index (χ2v) is 7.68. The van der Waals surface area contributed by atoms with Gasteiger partial charge in [-0.15, -0.1) is 0 Å². The molecule has 1 aromatic rings. The Morgan fingerprint density at radius 1 is 1.43 bits per heavy atom. The summed E-state index contributed by atoms with van der Waals surface area (Å²) in [6.07, 6.45) is 0. The van der Waals surface area contributed by atoms with Crippen LogP contribution in [0, 0.1) is 16.7 Å². The zero-order chi connectivity index (χ0) is 15.3. The zero-order valence-electron chi connectivity index (χ0n) is 11.4. The lowest BCUT2D eigenvalue weighted by Gasteiger charge is -2.04. The van der Waals surface area contributed by atoms with Gasteiger partial charge in [-0.1, -0.05) is 13.0 Å². The van der Waals surface area contributed by atoms with E-state index < -0.39 is 33.0 Å². The van der Waals surface area contributed by atoms with Crippen molar-refractivity contribution in [3.8, 4) is 17.6 Å². The van der Waals surface area contributed by atoms with Gasteiger partial charge in [-0.25, -0.2) is 8.42 Å². The minimum Gasteiger partial charge on any atom is -0.454 e. The summed E-state index contributed by atoms with van der Waals surface area (Å²) < 4.78 is 34.9. The van der Waals surface area contributed by atoms with E-state index in [1.165, 1.54) is 0 Å². The highest BCUT2D eigenvalue weighted by Crippen LogP contribution is 2.63. The van der Waals surface area contributed by atoms with Gasteiger partial charge in [0.2, 0.25) is 6.79 Å². The molecule has 3 atom stereocenters. The molecule has 0 bridgehead atoms. The predicted octanol–water partition coefficient (Wildman–Crippen LogP) is 0.818. The van der Waals surface area contributed by atoms with Gasteiger partial charge in [0.1, 0.15) is 5.41 Å². The van der Waals surface area contributed by atoms with Crippen molar-refractivity contribution < 1.29 is 23.0 Å². The lowest BCUT2D eigenvalue weighted by Crippen LogP contribution is -2.19. The highest BCUT2D eigenvalue weighted by atomic mass is 32.2. The summed E-state index contributed by atoms with van der Waals surface area (Å²) in [6, 6.07) is 7.13. The summed E-state index contributed by atoms with van der Waals surface area (Å²) in [7, 11) is -3.42. The van der Waals surface area contributed by atoms with Crippen LogP contribution in [0.15, 0.2) is 18.2 Å². The van der Waals surface area contributed by atoms with Crippen LogP contribution in [-0.4, -0.2) is 37.9 Å². The Morgan fingerprint density at radius 2 is 2.14 bits per heavy atom. The number of nitriles is 1. The molecule has 1 heterocycles. The van der Waals surface area contributed by atoms with E-state index in [0.29, 0.717) is 17.1 Å². The first kappa shape index (κ1) is 14.2. The van der Waals surface area contributed by atoms with Crippen molar-refractivity contribution in [3.63, 3.8) is 0 Å². The van der Waals surface area contributed by atoms with Crippen LogP contribution in [0.1, 0.15) is 18.4 Å². The van der Waals surface area contributed by atoms with Crippen molar-refractivity contribution >= 4 is 9.84 Å². The van der Waals surface area contributed by atoms with Crippen molar-refractivity contribution in [2.45, 2.75) is 18.1 Å². The maximum Gasteiger partial charge on any atom is 0.231 e. The Morgan fingerprint density at radius 3 is 2.76 bits per heavy atom. The normalized spacial score (nSPS) is 30.0. The highest BCUT2D eigenvalue weighted by Gasteiger charge is 2.71. The van der Waals surface area contributed by atoms with Crippen LogP contribution in [0.5, 0.6) is 11.5 Å². The minimum atomic E-state index is -3.42. The smallest absolute Gasteiger partial charge is 0.231 e. The van der Waals surface area contributed by atoms with E-state index in [1.807, 2.05) is 6.07 Å². The predicted molar refractivity (Wildman–Crippen MR) is 73.7 cm³/mol. The lowest BCUT2D eigenvalue weighted by molar-refractivity contribution is 0.174. The third-order valence-corrected chi connectivity index (χ3v) is 6.54. The van der Waals surface area contributed by atoms with Gasteiger partial charge in [0.05, 0.1) is 17.9 Å². The van der Waals surface area contributed by atoms with Crippen LogP contribution >= 0.6 is 0 Å². The van der Waals surface area contributed by atoms with Gasteiger partial charge in [-0.3, -0.25) is 0 Å². The first-order valence-electron chi connectivity index (χ1n) is 6.63.